The maximum absolute atomic E-state index is 13.5. The summed E-state index contributed by atoms with van der Waals surface area (Å²) in [5, 5.41) is 14.6. The lowest BCUT2D eigenvalue weighted by Gasteiger charge is -2.24. The Morgan fingerprint density at radius 3 is 2.62 bits per heavy atom. The van der Waals surface area contributed by atoms with Crippen LogP contribution >= 0.6 is 22.7 Å². The number of rotatable bonds is 5. The number of nitrogens with one attached hydrogen (secondary N) is 1. The number of nitriles is 1. The van der Waals surface area contributed by atoms with Gasteiger partial charge >= 0.3 is 5.97 Å². The van der Waals surface area contributed by atoms with Crippen LogP contribution < -0.4 is 25.8 Å². The minimum absolute atomic E-state index is 0. The van der Waals surface area contributed by atoms with Gasteiger partial charge in [-0.2, -0.15) is 5.26 Å². The highest BCUT2D eigenvalue weighted by atomic mass is 32.1. The van der Waals surface area contributed by atoms with Gasteiger partial charge in [-0.15, -0.1) is 22.7 Å². The van der Waals surface area contributed by atoms with Gasteiger partial charge < -0.3 is 15.8 Å². The van der Waals surface area contributed by atoms with Gasteiger partial charge in [-0.1, -0.05) is 43.8 Å². The summed E-state index contributed by atoms with van der Waals surface area (Å²) in [7, 11) is 1.20. The number of hydrogen-bond acceptors (Lipinski definition) is 8. The number of hydrogen-bond donors (Lipinski definition) is 2. The molecular formula is C24H22N4O4S2. The molecule has 0 spiro atoms. The van der Waals surface area contributed by atoms with Gasteiger partial charge in [-0.25, -0.2) is 4.79 Å². The van der Waals surface area contributed by atoms with Crippen molar-refractivity contribution in [2.75, 3.05) is 7.11 Å². The van der Waals surface area contributed by atoms with E-state index in [0.29, 0.717) is 0 Å². The molecule has 1 atom stereocenters. The van der Waals surface area contributed by atoms with E-state index in [1.54, 1.807) is 0 Å². The van der Waals surface area contributed by atoms with Crippen molar-refractivity contribution in [3.63, 3.8) is 0 Å². The zero-order valence-electron chi connectivity index (χ0n) is 17.4. The van der Waals surface area contributed by atoms with E-state index in [1.165, 1.54) is 18.4 Å². The summed E-state index contributed by atoms with van der Waals surface area (Å²) in [5.41, 5.74) is 6.89. The monoisotopic (exact) mass is 494 g/mol. The number of thiophene rings is 1. The van der Waals surface area contributed by atoms with Crippen molar-refractivity contribution in [2.24, 2.45) is 5.73 Å². The third-order valence-corrected chi connectivity index (χ3v) is 7.13. The highest BCUT2D eigenvalue weighted by Crippen LogP contribution is 2.38. The quantitative estimate of drug-likeness (QED) is 0.517. The minimum atomic E-state index is -0.741. The summed E-state index contributed by atoms with van der Waals surface area (Å²) in [6.45, 7) is 0.262. The molecule has 2 aromatic heterocycles. The number of amides is 1. The molecule has 3 N–H and O–H groups in total. The van der Waals surface area contributed by atoms with Crippen molar-refractivity contribution in [3.05, 3.63) is 83.4 Å². The molecule has 174 valence electrons. The van der Waals surface area contributed by atoms with Gasteiger partial charge in [-0.05, 0) is 17.0 Å². The second kappa shape index (κ2) is 10.3. The van der Waals surface area contributed by atoms with Gasteiger partial charge in [0.2, 0.25) is 0 Å². The number of allylic oxidation sites excluding steroid dienone is 1. The highest BCUT2D eigenvalue weighted by molar-refractivity contribution is 7.10. The van der Waals surface area contributed by atoms with E-state index in [0.717, 1.165) is 32.4 Å². The van der Waals surface area contributed by atoms with Gasteiger partial charge in [0.25, 0.3) is 11.5 Å². The topological polar surface area (TPSA) is 127 Å². The molecule has 1 aliphatic rings. The number of fused-ring (bicyclic) bond motifs is 1. The van der Waals surface area contributed by atoms with Gasteiger partial charge in [0.1, 0.15) is 15.0 Å². The molecule has 0 radical (unpaired) electrons. The van der Waals surface area contributed by atoms with Crippen LogP contribution in [0.3, 0.4) is 0 Å². The fraction of sp³-hybridized carbons (Fsp3) is 0.167. The van der Waals surface area contributed by atoms with E-state index in [2.05, 4.69) is 16.1 Å². The number of nitrogens with two attached hydrogens (primary N) is 1. The fourth-order valence-electron chi connectivity index (χ4n) is 3.55. The number of nitrogens with zero attached hydrogens (tertiary/aromatic N) is 2. The van der Waals surface area contributed by atoms with Gasteiger partial charge in [0, 0.05) is 17.5 Å². The van der Waals surface area contributed by atoms with Gasteiger partial charge in [0.05, 0.1) is 30.2 Å². The summed E-state index contributed by atoms with van der Waals surface area (Å²) in [6, 6.07) is 15.1. The minimum Gasteiger partial charge on any atom is -0.466 e. The number of esters is 1. The molecule has 10 heteroatoms. The second-order valence-corrected chi connectivity index (χ2v) is 9.03. The summed E-state index contributed by atoms with van der Waals surface area (Å²) >= 11 is 2.34. The SMILES string of the molecule is C.COC(=O)/C=c1\sc2n(c1=O)C(N)=C(C#N)C(c1cccs1)C=2C(=O)NCc1ccccc1. The van der Waals surface area contributed by atoms with Gasteiger partial charge in [-0.3, -0.25) is 14.2 Å². The van der Waals surface area contributed by atoms with Crippen LogP contribution in [0.1, 0.15) is 23.8 Å². The number of carbonyl (C=O) groups excluding carboxylic acids is 2. The average Bonchev–Trinajstić information content (AvgIpc) is 3.46. The number of methoxy groups -OCH3 is 1. The van der Waals surface area contributed by atoms with Crippen molar-refractivity contribution in [2.45, 2.75) is 19.9 Å². The first-order valence-corrected chi connectivity index (χ1v) is 11.5. The number of aromatic nitrogens is 1. The molecule has 34 heavy (non-hydrogen) atoms. The Morgan fingerprint density at radius 1 is 1.26 bits per heavy atom. The van der Waals surface area contributed by atoms with E-state index < -0.39 is 23.4 Å². The molecular weight excluding hydrogens is 472 g/mol. The Kier molecular flexibility index (Phi) is 7.50. The predicted octanol–water partition coefficient (Wildman–Crippen LogP) is 1.48. The first kappa shape index (κ1) is 24.7. The molecule has 0 saturated carbocycles. The van der Waals surface area contributed by atoms with Crippen molar-refractivity contribution < 1.29 is 14.3 Å². The van der Waals surface area contributed by atoms with Crippen LogP contribution in [0.4, 0.5) is 0 Å². The van der Waals surface area contributed by atoms with Crippen molar-refractivity contribution >= 4 is 52.0 Å². The summed E-state index contributed by atoms with van der Waals surface area (Å²) in [6.07, 6.45) is 1.05. The molecule has 0 saturated heterocycles. The average molecular weight is 495 g/mol. The third-order valence-electron chi connectivity index (χ3n) is 5.09. The van der Waals surface area contributed by atoms with Crippen LogP contribution in [0, 0.1) is 11.3 Å². The van der Waals surface area contributed by atoms with E-state index in [9.17, 15) is 19.6 Å². The Bertz CT molecular complexity index is 1480. The van der Waals surface area contributed by atoms with Crippen molar-refractivity contribution in [1.29, 1.82) is 5.26 Å². The van der Waals surface area contributed by atoms with Crippen LogP contribution in [-0.2, 0) is 20.9 Å². The molecule has 3 heterocycles. The van der Waals surface area contributed by atoms with Crippen LogP contribution in [0.5, 0.6) is 0 Å². The van der Waals surface area contributed by atoms with E-state index in [4.69, 9.17) is 5.73 Å². The molecule has 0 aliphatic carbocycles. The zero-order valence-corrected chi connectivity index (χ0v) is 19.0. The first-order chi connectivity index (χ1) is 16.0. The lowest BCUT2D eigenvalue weighted by atomic mass is 9.88. The Balaban J connectivity index is 0.00000324. The molecule has 8 nitrogen and oxygen atoms in total. The zero-order chi connectivity index (χ0) is 23.5. The number of ether oxygens (including phenoxy) is 1. The first-order valence-electron chi connectivity index (χ1n) is 9.77. The van der Waals surface area contributed by atoms with E-state index in [-0.39, 0.29) is 40.1 Å². The van der Waals surface area contributed by atoms with Crippen LogP contribution in [0.25, 0.3) is 17.5 Å². The molecule has 1 aromatic carbocycles. The number of thiazole rings is 1. The Labute approximate surface area is 203 Å². The summed E-state index contributed by atoms with van der Waals surface area (Å²) in [5.74, 6) is -1.94. The molecule has 1 unspecified atom stereocenters. The molecule has 3 aromatic rings. The summed E-state index contributed by atoms with van der Waals surface area (Å²) in [4.78, 5) is 39.0. The van der Waals surface area contributed by atoms with Crippen molar-refractivity contribution in [1.82, 2.24) is 9.88 Å². The smallest absolute Gasteiger partial charge is 0.332 e. The van der Waals surface area contributed by atoms with E-state index >= 15 is 0 Å². The highest BCUT2D eigenvalue weighted by Gasteiger charge is 2.36. The maximum atomic E-state index is 13.5. The van der Waals surface area contributed by atoms with Crippen molar-refractivity contribution in [3.8, 4) is 6.07 Å². The largest absolute Gasteiger partial charge is 0.466 e. The van der Waals surface area contributed by atoms with Crippen LogP contribution in [-0.4, -0.2) is 23.6 Å². The Morgan fingerprint density at radius 2 is 2.00 bits per heavy atom. The normalized spacial score (nSPS) is 15.2. The lowest BCUT2D eigenvalue weighted by Crippen LogP contribution is -2.41. The molecule has 1 aliphatic heterocycles. The number of carbonyl (C=O) groups is 2. The maximum Gasteiger partial charge on any atom is 0.332 e. The molecule has 0 fully saturated rings. The van der Waals surface area contributed by atoms with Crippen LogP contribution in [0.2, 0.25) is 0 Å². The molecule has 4 rings (SSSR count). The second-order valence-electron chi connectivity index (χ2n) is 7.02. The summed E-state index contributed by atoms with van der Waals surface area (Å²) < 4.78 is 6.09. The Hall–Kier alpha value is -3.94. The fourth-order valence-corrected chi connectivity index (χ4v) is 5.53. The number of benzene rings is 1. The van der Waals surface area contributed by atoms with Gasteiger partial charge in [0.15, 0.2) is 0 Å². The van der Waals surface area contributed by atoms with Crippen LogP contribution in [0.15, 0.2) is 58.2 Å². The third kappa shape index (κ3) is 4.44. The lowest BCUT2D eigenvalue weighted by molar-refractivity contribution is -0.133. The molecule has 1 amide bonds. The molecule has 0 bridgehead atoms. The predicted molar refractivity (Wildman–Crippen MR) is 133 cm³/mol. The standard InChI is InChI=1S/C23H18N4O4S2.CH4/c1-31-17(28)10-16-22(30)27-20(25)14(11-24)18(15-8-5-9-32-15)19(23(27)33-16)21(29)26-12-13-6-3-2-4-7-13;/h2-10,18H,12,25H2,1H3,(H,26,29);1H4/b16-10-;. The van der Waals surface area contributed by atoms with E-state index in [1.807, 2.05) is 47.8 Å².